The van der Waals surface area contributed by atoms with Gasteiger partial charge in [0.25, 0.3) is 0 Å². The van der Waals surface area contributed by atoms with Crippen LogP contribution >= 0.6 is 0 Å². The number of ether oxygens (including phenoxy) is 2. The molecule has 2 aromatic rings. The largest absolute Gasteiger partial charge is 0.462 e. The van der Waals surface area contributed by atoms with Crippen molar-refractivity contribution in [3.8, 4) is 11.1 Å². The summed E-state index contributed by atoms with van der Waals surface area (Å²) in [5.74, 6) is -1.78. The minimum atomic E-state index is -0.928. The zero-order valence-corrected chi connectivity index (χ0v) is 27.5. The normalized spacial score (nSPS) is 23.5. The van der Waals surface area contributed by atoms with Gasteiger partial charge in [-0.2, -0.15) is 0 Å². The summed E-state index contributed by atoms with van der Waals surface area (Å²) in [5.41, 5.74) is 3.13. The van der Waals surface area contributed by atoms with Gasteiger partial charge in [-0.05, 0) is 67.2 Å². The number of hydrogen-bond acceptors (Lipinski definition) is 7. The number of allylic oxidation sites excluding steroid dienone is 2. The van der Waals surface area contributed by atoms with Crippen LogP contribution in [0.4, 0.5) is 4.79 Å². The Morgan fingerprint density at radius 1 is 0.917 bits per heavy atom. The van der Waals surface area contributed by atoms with Crippen LogP contribution in [-0.2, 0) is 23.9 Å². The lowest BCUT2D eigenvalue weighted by molar-refractivity contribution is -0.149. The smallest absolute Gasteiger partial charge is 0.407 e. The quantitative estimate of drug-likeness (QED) is 0.242. The molecule has 4 N–H and O–H groups in total. The summed E-state index contributed by atoms with van der Waals surface area (Å²) in [6.07, 6.45) is 10.5. The second-order valence-electron chi connectivity index (χ2n) is 14.0. The van der Waals surface area contributed by atoms with Crippen LogP contribution < -0.4 is 16.0 Å². The molecule has 0 saturated heterocycles. The number of aliphatic hydroxyl groups excluding tert-OH is 1. The van der Waals surface area contributed by atoms with Crippen molar-refractivity contribution in [3.63, 3.8) is 0 Å². The highest BCUT2D eigenvalue weighted by atomic mass is 16.6. The van der Waals surface area contributed by atoms with Crippen molar-refractivity contribution >= 4 is 23.9 Å². The lowest BCUT2D eigenvalue weighted by atomic mass is 9.93. The van der Waals surface area contributed by atoms with Crippen molar-refractivity contribution in [1.29, 1.82) is 0 Å². The van der Waals surface area contributed by atoms with E-state index in [0.29, 0.717) is 25.7 Å². The van der Waals surface area contributed by atoms with Gasteiger partial charge in [-0.25, -0.2) is 9.59 Å². The number of benzene rings is 2. The average molecular weight is 658 g/mol. The average Bonchev–Trinajstić information content (AvgIpc) is 3.83. The third kappa shape index (κ3) is 7.59. The predicted molar refractivity (Wildman–Crippen MR) is 180 cm³/mol. The van der Waals surface area contributed by atoms with E-state index < -0.39 is 35.1 Å². The Hall–Kier alpha value is -4.18. The van der Waals surface area contributed by atoms with Gasteiger partial charge >= 0.3 is 12.1 Å². The van der Waals surface area contributed by atoms with Gasteiger partial charge in [0.1, 0.15) is 19.3 Å². The van der Waals surface area contributed by atoms with E-state index in [-0.39, 0.29) is 50.4 Å². The van der Waals surface area contributed by atoms with Gasteiger partial charge in [0.05, 0.1) is 23.6 Å². The zero-order chi connectivity index (χ0) is 33.6. The van der Waals surface area contributed by atoms with Gasteiger partial charge in [0, 0.05) is 12.3 Å². The molecule has 1 spiro atoms. The number of nitrogens with one attached hydrogen (secondary N) is 3. The molecule has 0 aromatic heterocycles. The molecule has 0 radical (unpaired) electrons. The number of hydrogen-bond donors (Lipinski definition) is 4. The lowest BCUT2D eigenvalue weighted by Gasteiger charge is -2.32. The monoisotopic (exact) mass is 657 g/mol. The van der Waals surface area contributed by atoms with Crippen LogP contribution in [0.2, 0.25) is 0 Å². The van der Waals surface area contributed by atoms with E-state index in [2.05, 4.69) is 40.2 Å². The topological polar surface area (TPSA) is 143 Å². The summed E-state index contributed by atoms with van der Waals surface area (Å²) in [6, 6.07) is 15.3. The first kappa shape index (κ1) is 33.7. The fourth-order valence-electron chi connectivity index (χ4n) is 7.93. The Morgan fingerprint density at radius 2 is 1.56 bits per heavy atom. The second-order valence-corrected chi connectivity index (χ2v) is 14.0. The number of alkyl carbamates (subject to hydrolysis) is 1. The van der Waals surface area contributed by atoms with Crippen LogP contribution in [-0.4, -0.2) is 65.9 Å². The molecule has 3 amide bonds. The van der Waals surface area contributed by atoms with Crippen molar-refractivity contribution in [2.45, 2.75) is 100 Å². The van der Waals surface area contributed by atoms with E-state index in [1.807, 2.05) is 36.4 Å². The van der Waals surface area contributed by atoms with Gasteiger partial charge in [-0.3, -0.25) is 9.59 Å². The first-order chi connectivity index (χ1) is 23.3. The van der Waals surface area contributed by atoms with E-state index in [1.165, 1.54) is 0 Å². The van der Waals surface area contributed by atoms with Crippen molar-refractivity contribution in [2.75, 3.05) is 19.8 Å². The maximum absolute atomic E-state index is 13.6. The van der Waals surface area contributed by atoms with E-state index in [9.17, 15) is 24.3 Å². The third-order valence-corrected chi connectivity index (χ3v) is 10.6. The number of amides is 3. The molecule has 4 aliphatic rings. The molecule has 2 atom stereocenters. The fourth-order valence-corrected chi connectivity index (χ4v) is 7.93. The van der Waals surface area contributed by atoms with Crippen LogP contribution in [0.1, 0.15) is 94.1 Å². The highest BCUT2D eigenvalue weighted by Gasteiger charge is 2.40. The molecule has 48 heavy (non-hydrogen) atoms. The number of aliphatic hydroxyl groups is 1. The number of cyclic esters (lactones) is 1. The zero-order valence-electron chi connectivity index (χ0n) is 27.5. The molecule has 2 unspecified atom stereocenters. The Labute approximate surface area is 282 Å². The van der Waals surface area contributed by atoms with Crippen LogP contribution in [0, 0.1) is 5.92 Å². The molecule has 2 fully saturated rings. The third-order valence-electron chi connectivity index (χ3n) is 10.6. The summed E-state index contributed by atoms with van der Waals surface area (Å²) in [6.45, 7) is 0.000694. The van der Waals surface area contributed by atoms with E-state index in [1.54, 1.807) is 0 Å². The molecule has 6 rings (SSSR count). The van der Waals surface area contributed by atoms with Crippen LogP contribution in [0.5, 0.6) is 0 Å². The van der Waals surface area contributed by atoms with Crippen LogP contribution in [0.25, 0.3) is 11.1 Å². The Bertz CT molecular complexity index is 1480. The summed E-state index contributed by atoms with van der Waals surface area (Å²) in [7, 11) is 0. The molecule has 0 bridgehead atoms. The molecule has 10 nitrogen and oxygen atoms in total. The standard InChI is InChI=1S/C38H47N3O7/c42-24-37(18-8-9-19-37)40-33(43)22-26-12-2-1-3-17-32(35(45)48-25-38(41-34(26)44)20-10-11-21-38)39-36(46)47-23-31-29-15-6-4-13-27(29)28-14-5-7-16-30(28)31/h1-2,4-7,13-16,26,31-32,42H,3,8-12,17-25H2,(H,39,46)(H,40,43)(H,41,44). The van der Waals surface area contributed by atoms with Gasteiger partial charge in [-0.1, -0.05) is 86.4 Å². The number of carbonyl (C=O) groups is 4. The van der Waals surface area contributed by atoms with E-state index >= 15 is 0 Å². The van der Waals surface area contributed by atoms with Crippen molar-refractivity contribution in [1.82, 2.24) is 16.0 Å². The van der Waals surface area contributed by atoms with Crippen LogP contribution in [0.15, 0.2) is 60.7 Å². The molecule has 256 valence electrons. The molecule has 2 saturated carbocycles. The molecular formula is C38H47N3O7. The van der Waals surface area contributed by atoms with Crippen molar-refractivity contribution in [2.24, 2.45) is 5.92 Å². The SMILES string of the molecule is O=C(CC1CC=CCCC(NC(=O)OCC2c3ccccc3-c3ccccc32)C(=O)OCC2(CCCC2)NC1=O)NC1(CO)CCCC1. The van der Waals surface area contributed by atoms with Gasteiger partial charge in [0.2, 0.25) is 11.8 Å². The fraction of sp³-hybridized carbons (Fsp3) is 0.526. The Morgan fingerprint density at radius 3 is 2.23 bits per heavy atom. The van der Waals surface area contributed by atoms with E-state index in [0.717, 1.165) is 60.8 Å². The minimum Gasteiger partial charge on any atom is -0.462 e. The van der Waals surface area contributed by atoms with Gasteiger partial charge in [-0.15, -0.1) is 0 Å². The molecule has 1 aliphatic heterocycles. The Kier molecular flexibility index (Phi) is 10.5. The first-order valence-corrected chi connectivity index (χ1v) is 17.5. The van der Waals surface area contributed by atoms with Crippen molar-refractivity contribution in [3.05, 3.63) is 71.8 Å². The summed E-state index contributed by atoms with van der Waals surface area (Å²) >= 11 is 0. The number of carbonyl (C=O) groups excluding carboxylic acids is 4. The summed E-state index contributed by atoms with van der Waals surface area (Å²) in [4.78, 5) is 53.3. The minimum absolute atomic E-state index is 0.000242. The number of esters is 1. The second kappa shape index (κ2) is 14.9. The van der Waals surface area contributed by atoms with Gasteiger partial charge < -0.3 is 30.5 Å². The van der Waals surface area contributed by atoms with Crippen LogP contribution in [0.3, 0.4) is 0 Å². The highest BCUT2D eigenvalue weighted by molar-refractivity contribution is 5.87. The molecule has 10 heteroatoms. The van der Waals surface area contributed by atoms with Crippen molar-refractivity contribution < 1.29 is 33.8 Å². The molecule has 1 heterocycles. The maximum atomic E-state index is 13.6. The predicted octanol–water partition coefficient (Wildman–Crippen LogP) is 5.03. The highest BCUT2D eigenvalue weighted by Crippen LogP contribution is 2.44. The summed E-state index contributed by atoms with van der Waals surface area (Å²) in [5, 5.41) is 18.9. The van der Waals surface area contributed by atoms with E-state index in [4.69, 9.17) is 9.47 Å². The Balaban J connectivity index is 1.10. The number of fused-ring (bicyclic) bond motifs is 3. The lowest BCUT2D eigenvalue weighted by Crippen LogP contribution is -2.54. The molecule has 2 aromatic carbocycles. The number of rotatable bonds is 7. The maximum Gasteiger partial charge on any atom is 0.407 e. The first-order valence-electron chi connectivity index (χ1n) is 17.5. The molecule has 3 aliphatic carbocycles. The van der Waals surface area contributed by atoms with Gasteiger partial charge in [0.15, 0.2) is 0 Å². The summed E-state index contributed by atoms with van der Waals surface area (Å²) < 4.78 is 11.5. The molecular weight excluding hydrogens is 610 g/mol.